The van der Waals surface area contributed by atoms with Gasteiger partial charge >= 0.3 is 0 Å². The van der Waals surface area contributed by atoms with E-state index in [-0.39, 0.29) is 11.8 Å². The second-order valence-corrected chi connectivity index (χ2v) is 6.63. The van der Waals surface area contributed by atoms with Crippen molar-refractivity contribution in [3.8, 4) is 0 Å². The fraction of sp³-hybridized carbons (Fsp3) is 0.278. The first-order chi connectivity index (χ1) is 12.8. The lowest BCUT2D eigenvalue weighted by atomic mass is 9.97. The Morgan fingerprint density at radius 2 is 2.15 bits per heavy atom. The summed E-state index contributed by atoms with van der Waals surface area (Å²) < 4.78 is 1.55. The van der Waals surface area contributed by atoms with E-state index in [1.165, 1.54) is 0 Å². The number of piperidine rings is 1. The Bertz CT molecular complexity index is 1070. The summed E-state index contributed by atoms with van der Waals surface area (Å²) >= 11 is 0. The van der Waals surface area contributed by atoms with Gasteiger partial charge in [-0.25, -0.2) is 9.50 Å². The Labute approximate surface area is 148 Å². The molecular formula is C18H17N7O. The average molecular weight is 347 g/mol. The first kappa shape index (κ1) is 15.0. The molecule has 0 aliphatic carbocycles. The van der Waals surface area contributed by atoms with Gasteiger partial charge in [0.15, 0.2) is 5.65 Å². The third-order valence-corrected chi connectivity index (χ3v) is 4.95. The summed E-state index contributed by atoms with van der Waals surface area (Å²) in [6, 6.07) is 11.5. The second-order valence-electron chi connectivity index (χ2n) is 6.63. The van der Waals surface area contributed by atoms with E-state index in [0.717, 1.165) is 36.2 Å². The Balaban J connectivity index is 1.40. The van der Waals surface area contributed by atoms with Crippen LogP contribution in [-0.2, 0) is 0 Å². The molecule has 3 aromatic heterocycles. The highest BCUT2D eigenvalue weighted by molar-refractivity contribution is 5.95. The number of imidazole rings is 1. The molecular weight excluding hydrogens is 330 g/mol. The molecule has 1 saturated heterocycles. The van der Waals surface area contributed by atoms with Crippen LogP contribution in [0.25, 0.3) is 16.7 Å². The van der Waals surface area contributed by atoms with Crippen molar-refractivity contribution in [1.82, 2.24) is 34.9 Å². The zero-order chi connectivity index (χ0) is 17.5. The zero-order valence-corrected chi connectivity index (χ0v) is 14.0. The Morgan fingerprint density at radius 1 is 1.23 bits per heavy atom. The number of aromatic amines is 1. The molecule has 0 radical (unpaired) electrons. The van der Waals surface area contributed by atoms with Crippen molar-refractivity contribution in [2.24, 2.45) is 0 Å². The molecule has 1 N–H and O–H groups in total. The molecule has 1 atom stereocenters. The van der Waals surface area contributed by atoms with E-state index in [9.17, 15) is 4.79 Å². The molecule has 1 aliphatic rings. The van der Waals surface area contributed by atoms with Crippen LogP contribution in [0.3, 0.4) is 0 Å². The number of nitrogens with one attached hydrogen (secondary N) is 1. The van der Waals surface area contributed by atoms with Gasteiger partial charge in [-0.3, -0.25) is 4.79 Å². The van der Waals surface area contributed by atoms with E-state index in [2.05, 4.69) is 20.5 Å². The van der Waals surface area contributed by atoms with Crippen LogP contribution >= 0.6 is 0 Å². The van der Waals surface area contributed by atoms with Crippen LogP contribution in [0, 0.1) is 0 Å². The quantitative estimate of drug-likeness (QED) is 0.599. The summed E-state index contributed by atoms with van der Waals surface area (Å²) in [5.74, 6) is 1.19. The minimum atomic E-state index is 0.0105. The number of nitrogens with zero attached hydrogens (tertiary/aromatic N) is 6. The molecule has 1 fully saturated rings. The van der Waals surface area contributed by atoms with E-state index >= 15 is 0 Å². The van der Waals surface area contributed by atoms with Crippen LogP contribution in [0.1, 0.15) is 34.9 Å². The maximum absolute atomic E-state index is 12.9. The van der Waals surface area contributed by atoms with Gasteiger partial charge in [-0.1, -0.05) is 12.1 Å². The molecule has 4 aromatic rings. The molecule has 1 amide bonds. The number of benzene rings is 1. The molecule has 1 aromatic carbocycles. The van der Waals surface area contributed by atoms with Gasteiger partial charge in [0.25, 0.3) is 5.91 Å². The van der Waals surface area contributed by atoms with Gasteiger partial charge in [-0.2, -0.15) is 0 Å². The maximum Gasteiger partial charge on any atom is 0.254 e. The number of tetrazole rings is 1. The monoisotopic (exact) mass is 347 g/mol. The molecule has 26 heavy (non-hydrogen) atoms. The van der Waals surface area contributed by atoms with Gasteiger partial charge in [0.1, 0.15) is 5.82 Å². The van der Waals surface area contributed by atoms with Crippen molar-refractivity contribution in [2.45, 2.75) is 18.8 Å². The number of aromatic nitrogens is 6. The number of hydrogen-bond acceptors (Lipinski definition) is 5. The summed E-state index contributed by atoms with van der Waals surface area (Å²) in [6.07, 6.45) is 3.70. The number of amides is 1. The number of para-hydroxylation sites is 2. The van der Waals surface area contributed by atoms with Gasteiger partial charge in [-0.05, 0) is 47.5 Å². The molecule has 1 aliphatic heterocycles. The highest BCUT2D eigenvalue weighted by Crippen LogP contribution is 2.27. The van der Waals surface area contributed by atoms with Crippen molar-refractivity contribution in [3.63, 3.8) is 0 Å². The lowest BCUT2D eigenvalue weighted by molar-refractivity contribution is 0.0705. The predicted octanol–water partition coefficient (Wildman–Crippen LogP) is 2.02. The second kappa shape index (κ2) is 5.91. The van der Waals surface area contributed by atoms with Gasteiger partial charge in [-0.15, -0.1) is 5.10 Å². The molecule has 8 nitrogen and oxygen atoms in total. The smallest absolute Gasteiger partial charge is 0.254 e. The Morgan fingerprint density at radius 3 is 3.08 bits per heavy atom. The van der Waals surface area contributed by atoms with Crippen LogP contribution in [0.4, 0.5) is 0 Å². The highest BCUT2D eigenvalue weighted by Gasteiger charge is 2.27. The molecule has 0 saturated carbocycles. The third kappa shape index (κ3) is 2.50. The fourth-order valence-corrected chi connectivity index (χ4v) is 3.61. The number of carbonyl (C=O) groups is 1. The van der Waals surface area contributed by atoms with Crippen LogP contribution in [0.2, 0.25) is 0 Å². The SMILES string of the molecule is O=C(c1ccn2nnnc2c1)N1CCCC(c2nc3ccccc3[nH]2)C1. The number of hydrogen-bond donors (Lipinski definition) is 1. The van der Waals surface area contributed by atoms with E-state index in [1.54, 1.807) is 22.8 Å². The third-order valence-electron chi connectivity index (χ3n) is 4.95. The van der Waals surface area contributed by atoms with E-state index in [0.29, 0.717) is 17.8 Å². The summed E-state index contributed by atoms with van der Waals surface area (Å²) in [4.78, 5) is 23.0. The van der Waals surface area contributed by atoms with Crippen LogP contribution in [0.15, 0.2) is 42.6 Å². The van der Waals surface area contributed by atoms with Crippen molar-refractivity contribution < 1.29 is 4.79 Å². The van der Waals surface area contributed by atoms with Crippen molar-refractivity contribution in [1.29, 1.82) is 0 Å². The fourth-order valence-electron chi connectivity index (χ4n) is 3.61. The first-order valence-corrected chi connectivity index (χ1v) is 8.69. The molecule has 0 bridgehead atoms. The number of pyridine rings is 1. The maximum atomic E-state index is 12.9. The van der Waals surface area contributed by atoms with Crippen LogP contribution in [-0.4, -0.2) is 53.9 Å². The molecule has 0 spiro atoms. The highest BCUT2D eigenvalue weighted by atomic mass is 16.2. The largest absolute Gasteiger partial charge is 0.342 e. The minimum Gasteiger partial charge on any atom is -0.342 e. The zero-order valence-electron chi connectivity index (χ0n) is 14.0. The lowest BCUT2D eigenvalue weighted by Gasteiger charge is -2.32. The first-order valence-electron chi connectivity index (χ1n) is 8.69. The Kier molecular flexibility index (Phi) is 3.41. The van der Waals surface area contributed by atoms with E-state index in [1.807, 2.05) is 29.2 Å². The van der Waals surface area contributed by atoms with Gasteiger partial charge in [0.05, 0.1) is 11.0 Å². The topological polar surface area (TPSA) is 92.1 Å². The summed E-state index contributed by atoms with van der Waals surface area (Å²) in [7, 11) is 0. The summed E-state index contributed by atoms with van der Waals surface area (Å²) in [6.45, 7) is 1.42. The average Bonchev–Trinajstić information content (AvgIpc) is 3.33. The van der Waals surface area contributed by atoms with Crippen molar-refractivity contribution in [3.05, 3.63) is 54.0 Å². The van der Waals surface area contributed by atoms with Gasteiger partial charge in [0, 0.05) is 30.8 Å². The molecule has 1 unspecified atom stereocenters. The number of fused-ring (bicyclic) bond motifs is 2. The van der Waals surface area contributed by atoms with E-state index < -0.39 is 0 Å². The molecule has 130 valence electrons. The number of rotatable bonds is 2. The van der Waals surface area contributed by atoms with Gasteiger partial charge < -0.3 is 9.88 Å². The van der Waals surface area contributed by atoms with E-state index in [4.69, 9.17) is 4.98 Å². The van der Waals surface area contributed by atoms with Gasteiger partial charge in [0.2, 0.25) is 0 Å². The minimum absolute atomic E-state index is 0.0105. The molecule has 4 heterocycles. The number of likely N-dealkylation sites (tertiary alicyclic amines) is 1. The van der Waals surface area contributed by atoms with Crippen molar-refractivity contribution >= 4 is 22.6 Å². The van der Waals surface area contributed by atoms with Crippen LogP contribution in [0.5, 0.6) is 0 Å². The molecule has 8 heteroatoms. The number of H-pyrrole nitrogens is 1. The number of carbonyl (C=O) groups excluding carboxylic acids is 1. The normalized spacial score (nSPS) is 17.8. The summed E-state index contributed by atoms with van der Waals surface area (Å²) in [5, 5.41) is 11.3. The summed E-state index contributed by atoms with van der Waals surface area (Å²) in [5.41, 5.74) is 3.19. The lowest BCUT2D eigenvalue weighted by Crippen LogP contribution is -2.39. The van der Waals surface area contributed by atoms with Crippen molar-refractivity contribution in [2.75, 3.05) is 13.1 Å². The van der Waals surface area contributed by atoms with Crippen LogP contribution < -0.4 is 0 Å². The predicted molar refractivity (Wildman–Crippen MR) is 94.8 cm³/mol. The molecule has 5 rings (SSSR count). The Hall–Kier alpha value is -3.29. The standard InChI is InChI=1S/C18H17N7O/c26-18(12-7-9-25-16(10-12)21-22-23-25)24-8-3-4-13(11-24)17-19-14-5-1-2-6-15(14)20-17/h1-2,5-7,9-10,13H,3-4,8,11H2,(H,19,20).